The first-order chi connectivity index (χ1) is 14.3. The van der Waals surface area contributed by atoms with Gasteiger partial charge in [-0.1, -0.05) is 29.8 Å². The molecule has 0 aliphatic heterocycles. The molecule has 0 aliphatic rings. The van der Waals surface area contributed by atoms with E-state index < -0.39 is 6.36 Å². The number of hydrogen-bond donors (Lipinski definition) is 0. The average molecular weight is 414 g/mol. The molecule has 0 bridgehead atoms. The maximum atomic E-state index is 12.3. The van der Waals surface area contributed by atoms with Crippen molar-refractivity contribution in [1.82, 2.24) is 19.7 Å². The van der Waals surface area contributed by atoms with Crippen molar-refractivity contribution in [2.45, 2.75) is 26.8 Å². The third-order valence-corrected chi connectivity index (χ3v) is 4.34. The van der Waals surface area contributed by atoms with Gasteiger partial charge in [-0.05, 0) is 43.7 Å². The maximum Gasteiger partial charge on any atom is 0.573 e. The number of oxazole rings is 1. The monoisotopic (exact) mass is 414 g/mol. The second-order valence-electron chi connectivity index (χ2n) is 6.73. The summed E-state index contributed by atoms with van der Waals surface area (Å²) in [6, 6.07) is 13.5. The number of hydrogen-bond acceptors (Lipinski definition) is 5. The van der Waals surface area contributed by atoms with Crippen LogP contribution in [0.15, 0.2) is 59.1 Å². The van der Waals surface area contributed by atoms with Crippen LogP contribution in [0.3, 0.4) is 0 Å². The first kappa shape index (κ1) is 19.7. The predicted molar refractivity (Wildman–Crippen MR) is 103 cm³/mol. The number of aryl methyl sites for hydroxylation is 2. The van der Waals surface area contributed by atoms with Gasteiger partial charge in [0.25, 0.3) is 5.89 Å². The van der Waals surface area contributed by atoms with E-state index in [2.05, 4.69) is 25.9 Å². The maximum absolute atomic E-state index is 12.3. The summed E-state index contributed by atoms with van der Waals surface area (Å²) < 4.78 is 48.2. The van der Waals surface area contributed by atoms with Crippen molar-refractivity contribution in [3.63, 3.8) is 0 Å². The molecule has 2 aromatic heterocycles. The van der Waals surface area contributed by atoms with E-state index in [1.54, 1.807) is 4.68 Å². The smallest absolute Gasteiger partial charge is 0.434 e. The standard InChI is InChI=1S/C21H17F3N4O2/c1-13-4-3-5-15(10-13)12-28-14(2)26-19(27-28)20-25-11-18(29-20)16-6-8-17(9-7-16)30-21(22,23)24/h3-11H,12H2,1-2H3. The second kappa shape index (κ2) is 7.66. The average Bonchev–Trinajstić information content (AvgIpc) is 3.29. The van der Waals surface area contributed by atoms with Crippen LogP contribution in [0.25, 0.3) is 23.0 Å². The van der Waals surface area contributed by atoms with Crippen molar-refractivity contribution in [3.05, 3.63) is 71.7 Å². The molecule has 2 heterocycles. The summed E-state index contributed by atoms with van der Waals surface area (Å²) in [5, 5.41) is 4.47. The Morgan fingerprint density at radius 1 is 1.07 bits per heavy atom. The van der Waals surface area contributed by atoms with Crippen LogP contribution < -0.4 is 4.74 Å². The molecule has 6 nitrogen and oxygen atoms in total. The van der Waals surface area contributed by atoms with Gasteiger partial charge in [-0.15, -0.1) is 18.3 Å². The van der Waals surface area contributed by atoms with Crippen molar-refractivity contribution in [2.75, 3.05) is 0 Å². The van der Waals surface area contributed by atoms with Crippen LogP contribution in [0, 0.1) is 13.8 Å². The van der Waals surface area contributed by atoms with E-state index in [1.165, 1.54) is 30.5 Å². The van der Waals surface area contributed by atoms with E-state index in [4.69, 9.17) is 4.42 Å². The van der Waals surface area contributed by atoms with Crippen molar-refractivity contribution in [1.29, 1.82) is 0 Å². The highest BCUT2D eigenvalue weighted by molar-refractivity contribution is 5.59. The molecular weight excluding hydrogens is 397 g/mol. The molecule has 4 rings (SSSR count). The minimum Gasteiger partial charge on any atom is -0.434 e. The van der Waals surface area contributed by atoms with Gasteiger partial charge in [0.15, 0.2) is 5.76 Å². The molecule has 0 unspecified atom stereocenters. The van der Waals surface area contributed by atoms with Crippen LogP contribution in [0.5, 0.6) is 5.75 Å². The van der Waals surface area contributed by atoms with Gasteiger partial charge >= 0.3 is 6.36 Å². The van der Waals surface area contributed by atoms with E-state index in [-0.39, 0.29) is 11.6 Å². The molecule has 4 aromatic rings. The normalized spacial score (nSPS) is 11.6. The molecule has 0 spiro atoms. The summed E-state index contributed by atoms with van der Waals surface area (Å²) in [5.74, 6) is 1.35. The topological polar surface area (TPSA) is 66.0 Å². The quantitative estimate of drug-likeness (QED) is 0.451. The van der Waals surface area contributed by atoms with E-state index in [9.17, 15) is 13.2 Å². The molecule has 0 aliphatic carbocycles. The highest BCUT2D eigenvalue weighted by Crippen LogP contribution is 2.28. The highest BCUT2D eigenvalue weighted by Gasteiger charge is 2.31. The van der Waals surface area contributed by atoms with Gasteiger partial charge in [0, 0.05) is 5.56 Å². The predicted octanol–water partition coefficient (Wildman–Crippen LogP) is 5.16. The fourth-order valence-corrected chi connectivity index (χ4v) is 2.98. The lowest BCUT2D eigenvalue weighted by Gasteiger charge is -2.08. The summed E-state index contributed by atoms with van der Waals surface area (Å²) in [6.45, 7) is 4.43. The molecule has 0 atom stereocenters. The number of halogens is 3. The van der Waals surface area contributed by atoms with Crippen LogP contribution in [0.2, 0.25) is 0 Å². The molecule has 154 valence electrons. The van der Waals surface area contributed by atoms with Gasteiger partial charge < -0.3 is 9.15 Å². The highest BCUT2D eigenvalue weighted by atomic mass is 19.4. The lowest BCUT2D eigenvalue weighted by atomic mass is 10.1. The Hall–Kier alpha value is -3.62. The van der Waals surface area contributed by atoms with Crippen LogP contribution >= 0.6 is 0 Å². The Kier molecular flexibility index (Phi) is 5.03. The molecule has 30 heavy (non-hydrogen) atoms. The largest absolute Gasteiger partial charge is 0.573 e. The first-order valence-electron chi connectivity index (χ1n) is 9.06. The Morgan fingerprint density at radius 2 is 1.83 bits per heavy atom. The fraction of sp³-hybridized carbons (Fsp3) is 0.190. The van der Waals surface area contributed by atoms with E-state index in [0.29, 0.717) is 29.5 Å². The molecule has 2 aromatic carbocycles. The zero-order valence-electron chi connectivity index (χ0n) is 16.1. The summed E-state index contributed by atoms with van der Waals surface area (Å²) >= 11 is 0. The molecule has 9 heteroatoms. The van der Waals surface area contributed by atoms with Gasteiger partial charge in [-0.2, -0.15) is 0 Å². The van der Waals surface area contributed by atoms with Gasteiger partial charge in [0.1, 0.15) is 11.6 Å². The zero-order chi connectivity index (χ0) is 21.3. The number of aromatic nitrogens is 4. The SMILES string of the molecule is Cc1cccc(Cn2nc(-c3ncc(-c4ccc(OC(F)(F)F)cc4)o3)nc2C)c1. The lowest BCUT2D eigenvalue weighted by Crippen LogP contribution is -2.16. The van der Waals surface area contributed by atoms with Gasteiger partial charge in [-0.25, -0.2) is 14.6 Å². The van der Waals surface area contributed by atoms with Crippen LogP contribution in [0.4, 0.5) is 13.2 Å². The Labute approximate surface area is 170 Å². The van der Waals surface area contributed by atoms with Gasteiger partial charge in [-0.3, -0.25) is 0 Å². The van der Waals surface area contributed by atoms with Crippen LogP contribution in [-0.2, 0) is 6.54 Å². The third-order valence-electron chi connectivity index (χ3n) is 4.34. The minimum absolute atomic E-state index is 0.228. The minimum atomic E-state index is -4.73. The Morgan fingerprint density at radius 3 is 2.53 bits per heavy atom. The molecule has 0 fully saturated rings. The lowest BCUT2D eigenvalue weighted by molar-refractivity contribution is -0.274. The van der Waals surface area contributed by atoms with Crippen molar-refractivity contribution < 1.29 is 22.3 Å². The molecule has 0 radical (unpaired) electrons. The number of benzene rings is 2. The summed E-state index contributed by atoms with van der Waals surface area (Å²) in [7, 11) is 0. The van der Waals surface area contributed by atoms with Crippen molar-refractivity contribution in [2.24, 2.45) is 0 Å². The van der Waals surface area contributed by atoms with E-state index in [1.807, 2.05) is 32.0 Å². The Balaban J connectivity index is 1.53. The fourth-order valence-electron chi connectivity index (χ4n) is 2.98. The third kappa shape index (κ3) is 4.51. The van der Waals surface area contributed by atoms with Gasteiger partial charge in [0.05, 0.1) is 12.7 Å². The molecule has 0 saturated carbocycles. The number of ether oxygens (including phenoxy) is 1. The molecule has 0 saturated heterocycles. The Bertz CT molecular complexity index is 1160. The summed E-state index contributed by atoms with van der Waals surface area (Å²) in [5.41, 5.74) is 2.82. The second-order valence-corrected chi connectivity index (χ2v) is 6.73. The van der Waals surface area contributed by atoms with E-state index in [0.717, 1.165) is 11.1 Å². The summed E-state index contributed by atoms with van der Waals surface area (Å²) in [6.07, 6.45) is -3.26. The number of rotatable bonds is 5. The molecule has 0 N–H and O–H groups in total. The number of nitrogens with zero attached hydrogens (tertiary/aromatic N) is 4. The van der Waals surface area contributed by atoms with Crippen LogP contribution in [-0.4, -0.2) is 26.1 Å². The van der Waals surface area contributed by atoms with E-state index >= 15 is 0 Å². The first-order valence-corrected chi connectivity index (χ1v) is 9.06. The van der Waals surface area contributed by atoms with Crippen molar-refractivity contribution >= 4 is 0 Å². The number of alkyl halides is 3. The molecular formula is C21H17F3N4O2. The zero-order valence-corrected chi connectivity index (χ0v) is 16.1. The van der Waals surface area contributed by atoms with Crippen molar-refractivity contribution in [3.8, 4) is 28.8 Å². The molecule has 0 amide bonds. The summed E-state index contributed by atoms with van der Waals surface area (Å²) in [4.78, 5) is 8.62. The van der Waals surface area contributed by atoms with Gasteiger partial charge in [0.2, 0.25) is 5.82 Å². The van der Waals surface area contributed by atoms with Crippen LogP contribution in [0.1, 0.15) is 17.0 Å².